The summed E-state index contributed by atoms with van der Waals surface area (Å²) in [6, 6.07) is 19.2. The van der Waals surface area contributed by atoms with Crippen molar-refractivity contribution in [1.82, 2.24) is 20.4 Å². The van der Waals surface area contributed by atoms with Crippen molar-refractivity contribution in [3.05, 3.63) is 84.3 Å². The molecule has 150 valence electrons. The van der Waals surface area contributed by atoms with Gasteiger partial charge in [0, 0.05) is 23.9 Å². The van der Waals surface area contributed by atoms with Gasteiger partial charge >= 0.3 is 0 Å². The van der Waals surface area contributed by atoms with Crippen LogP contribution in [0.15, 0.2) is 82.5 Å². The highest BCUT2D eigenvalue weighted by atomic mass is 32.2. The third kappa shape index (κ3) is 5.09. The number of hydrogen-bond donors (Lipinski definition) is 1. The second-order valence-corrected chi connectivity index (χ2v) is 7.36. The SMILES string of the molecule is O=C(CSc1cc(-c2nc(-c3ccccc3)no2)ccn1)NCc1ccc(F)cc1. The van der Waals surface area contributed by atoms with Crippen molar-refractivity contribution in [2.45, 2.75) is 11.6 Å². The Balaban J connectivity index is 1.35. The van der Waals surface area contributed by atoms with Gasteiger partial charge in [-0.05, 0) is 29.8 Å². The Morgan fingerprint density at radius 3 is 2.63 bits per heavy atom. The predicted molar refractivity (Wildman–Crippen MR) is 112 cm³/mol. The van der Waals surface area contributed by atoms with E-state index in [1.165, 1.54) is 23.9 Å². The van der Waals surface area contributed by atoms with Crippen molar-refractivity contribution in [2.24, 2.45) is 0 Å². The summed E-state index contributed by atoms with van der Waals surface area (Å²) in [6.45, 7) is 0.345. The molecule has 0 bridgehead atoms. The van der Waals surface area contributed by atoms with Gasteiger partial charge in [0.15, 0.2) is 0 Å². The van der Waals surface area contributed by atoms with Crippen molar-refractivity contribution in [2.75, 3.05) is 5.75 Å². The Bertz CT molecular complexity index is 1130. The molecule has 0 saturated heterocycles. The Morgan fingerprint density at radius 2 is 1.83 bits per heavy atom. The Hall–Kier alpha value is -3.52. The van der Waals surface area contributed by atoms with Crippen molar-refractivity contribution >= 4 is 17.7 Å². The maximum absolute atomic E-state index is 12.9. The van der Waals surface area contributed by atoms with Gasteiger partial charge in [-0.3, -0.25) is 4.79 Å². The van der Waals surface area contributed by atoms with Crippen LogP contribution < -0.4 is 5.32 Å². The summed E-state index contributed by atoms with van der Waals surface area (Å²) < 4.78 is 18.3. The number of amides is 1. The second-order valence-electron chi connectivity index (χ2n) is 6.36. The first kappa shape index (κ1) is 19.8. The Kier molecular flexibility index (Phi) is 6.14. The zero-order valence-corrected chi connectivity index (χ0v) is 16.6. The zero-order chi connectivity index (χ0) is 20.8. The standard InChI is InChI=1S/C22H17FN4O2S/c23-18-8-6-15(7-9-18)13-25-19(28)14-30-20-12-17(10-11-24-20)22-26-21(27-29-22)16-4-2-1-3-5-16/h1-12H,13-14H2,(H,25,28). The van der Waals surface area contributed by atoms with Crippen molar-refractivity contribution in [3.63, 3.8) is 0 Å². The van der Waals surface area contributed by atoms with E-state index in [4.69, 9.17) is 4.52 Å². The minimum absolute atomic E-state index is 0.138. The average Bonchev–Trinajstić information content (AvgIpc) is 3.29. The number of carbonyl (C=O) groups excluding carboxylic acids is 1. The molecule has 2 aromatic carbocycles. The van der Waals surface area contributed by atoms with Crippen LogP contribution in [0.25, 0.3) is 22.8 Å². The Labute approximate surface area is 176 Å². The first-order chi connectivity index (χ1) is 14.7. The van der Waals surface area contributed by atoms with E-state index in [9.17, 15) is 9.18 Å². The number of hydrogen-bond acceptors (Lipinski definition) is 6. The topological polar surface area (TPSA) is 80.9 Å². The summed E-state index contributed by atoms with van der Waals surface area (Å²) in [7, 11) is 0. The van der Waals surface area contributed by atoms with Crippen LogP contribution in [0.2, 0.25) is 0 Å². The molecule has 8 heteroatoms. The van der Waals surface area contributed by atoms with Crippen LogP contribution >= 0.6 is 11.8 Å². The number of nitrogens with one attached hydrogen (secondary N) is 1. The van der Waals surface area contributed by atoms with E-state index in [1.54, 1.807) is 30.5 Å². The molecule has 4 aromatic rings. The number of pyridine rings is 1. The molecule has 0 aliphatic rings. The van der Waals surface area contributed by atoms with Gasteiger partial charge in [-0.25, -0.2) is 9.37 Å². The molecular weight excluding hydrogens is 403 g/mol. The fourth-order valence-electron chi connectivity index (χ4n) is 2.66. The van der Waals surface area contributed by atoms with E-state index in [2.05, 4.69) is 20.4 Å². The normalized spacial score (nSPS) is 10.7. The maximum Gasteiger partial charge on any atom is 0.258 e. The van der Waals surface area contributed by atoms with Gasteiger partial charge in [0.1, 0.15) is 5.82 Å². The molecule has 6 nitrogen and oxygen atoms in total. The van der Waals surface area contributed by atoms with Crippen LogP contribution in [0.4, 0.5) is 4.39 Å². The van der Waals surface area contributed by atoms with E-state index in [-0.39, 0.29) is 17.5 Å². The fraction of sp³-hybridized carbons (Fsp3) is 0.0909. The van der Waals surface area contributed by atoms with Crippen molar-refractivity contribution in [3.8, 4) is 22.8 Å². The molecule has 0 unspecified atom stereocenters. The summed E-state index contributed by atoms with van der Waals surface area (Å²) in [5.41, 5.74) is 2.43. The maximum atomic E-state index is 12.9. The number of rotatable bonds is 7. The molecule has 1 amide bonds. The third-order valence-corrected chi connectivity index (χ3v) is 5.12. The molecule has 2 aromatic heterocycles. The molecular formula is C22H17FN4O2S. The minimum atomic E-state index is -0.302. The number of halogens is 1. The number of aromatic nitrogens is 3. The second kappa shape index (κ2) is 9.32. The summed E-state index contributed by atoms with van der Waals surface area (Å²) in [5, 5.41) is 7.50. The zero-order valence-electron chi connectivity index (χ0n) is 15.8. The van der Waals surface area contributed by atoms with Gasteiger partial charge < -0.3 is 9.84 Å². The van der Waals surface area contributed by atoms with Crippen molar-refractivity contribution in [1.29, 1.82) is 0 Å². The van der Waals surface area contributed by atoms with E-state index >= 15 is 0 Å². The molecule has 2 heterocycles. The summed E-state index contributed by atoms with van der Waals surface area (Å²) >= 11 is 1.31. The molecule has 0 saturated carbocycles. The first-order valence-corrected chi connectivity index (χ1v) is 10.2. The molecule has 0 aliphatic carbocycles. The molecule has 30 heavy (non-hydrogen) atoms. The van der Waals surface area contributed by atoms with Gasteiger partial charge in [-0.15, -0.1) is 0 Å². The van der Waals surface area contributed by atoms with Crippen LogP contribution in [0.1, 0.15) is 5.56 Å². The molecule has 1 N–H and O–H groups in total. The average molecular weight is 420 g/mol. The van der Waals surface area contributed by atoms with Gasteiger partial charge in [-0.2, -0.15) is 4.98 Å². The van der Waals surface area contributed by atoms with Crippen LogP contribution in [0, 0.1) is 5.82 Å². The fourth-order valence-corrected chi connectivity index (χ4v) is 3.39. The number of carbonyl (C=O) groups is 1. The minimum Gasteiger partial charge on any atom is -0.351 e. The summed E-state index contributed by atoms with van der Waals surface area (Å²) in [6.07, 6.45) is 1.64. The quantitative estimate of drug-likeness (QED) is 0.448. The van der Waals surface area contributed by atoms with Gasteiger partial charge in [0.2, 0.25) is 11.7 Å². The third-order valence-electron chi connectivity index (χ3n) is 4.19. The molecule has 4 rings (SSSR count). The predicted octanol–water partition coefficient (Wildman–Crippen LogP) is 4.35. The summed E-state index contributed by atoms with van der Waals surface area (Å²) in [4.78, 5) is 20.8. The van der Waals surface area contributed by atoms with E-state index in [0.717, 1.165) is 16.7 Å². The van der Waals surface area contributed by atoms with Crippen LogP contribution in [-0.4, -0.2) is 26.8 Å². The lowest BCUT2D eigenvalue weighted by Crippen LogP contribution is -2.24. The monoisotopic (exact) mass is 420 g/mol. The number of nitrogens with zero attached hydrogens (tertiary/aromatic N) is 3. The molecule has 0 fully saturated rings. The van der Waals surface area contributed by atoms with Gasteiger partial charge in [0.05, 0.1) is 10.8 Å². The lowest BCUT2D eigenvalue weighted by Gasteiger charge is -2.05. The largest absolute Gasteiger partial charge is 0.351 e. The number of benzene rings is 2. The lowest BCUT2D eigenvalue weighted by molar-refractivity contribution is -0.118. The highest BCUT2D eigenvalue weighted by Crippen LogP contribution is 2.25. The molecule has 0 atom stereocenters. The van der Waals surface area contributed by atoms with E-state index < -0.39 is 0 Å². The molecule has 0 aliphatic heterocycles. The van der Waals surface area contributed by atoms with Crippen LogP contribution in [0.3, 0.4) is 0 Å². The van der Waals surface area contributed by atoms with E-state index in [1.807, 2.05) is 30.3 Å². The highest BCUT2D eigenvalue weighted by molar-refractivity contribution is 7.99. The lowest BCUT2D eigenvalue weighted by atomic mass is 10.2. The first-order valence-electron chi connectivity index (χ1n) is 9.17. The smallest absolute Gasteiger partial charge is 0.258 e. The molecule has 0 radical (unpaired) electrons. The highest BCUT2D eigenvalue weighted by Gasteiger charge is 2.12. The van der Waals surface area contributed by atoms with Crippen molar-refractivity contribution < 1.29 is 13.7 Å². The van der Waals surface area contributed by atoms with Gasteiger partial charge in [0.25, 0.3) is 5.89 Å². The Morgan fingerprint density at radius 1 is 1.03 bits per heavy atom. The van der Waals surface area contributed by atoms with E-state index in [0.29, 0.717) is 23.3 Å². The summed E-state index contributed by atoms with van der Waals surface area (Å²) in [5.74, 6) is 0.663. The van der Waals surface area contributed by atoms with Crippen LogP contribution in [-0.2, 0) is 11.3 Å². The molecule has 0 spiro atoms. The van der Waals surface area contributed by atoms with Gasteiger partial charge in [-0.1, -0.05) is 59.4 Å². The van der Waals surface area contributed by atoms with Crippen LogP contribution in [0.5, 0.6) is 0 Å². The number of thioether (sulfide) groups is 1.